The van der Waals surface area contributed by atoms with Gasteiger partial charge >= 0.3 is 6.18 Å². The van der Waals surface area contributed by atoms with Crippen molar-refractivity contribution in [2.24, 2.45) is 0 Å². The summed E-state index contributed by atoms with van der Waals surface area (Å²) in [5.74, 6) is -0.543. The van der Waals surface area contributed by atoms with Gasteiger partial charge in [0.25, 0.3) is 5.91 Å². The summed E-state index contributed by atoms with van der Waals surface area (Å²) in [6, 6.07) is 7.26. The molecule has 1 saturated heterocycles. The minimum Gasteiger partial charge on any atom is -0.338 e. The Morgan fingerprint density at radius 1 is 1.30 bits per heavy atom. The number of pyridine rings is 1. The Bertz CT molecular complexity index is 844. The van der Waals surface area contributed by atoms with Crippen molar-refractivity contribution >= 4 is 40.1 Å². The number of amides is 1. The second kappa shape index (κ2) is 8.34. The van der Waals surface area contributed by atoms with E-state index in [9.17, 15) is 18.0 Å². The van der Waals surface area contributed by atoms with Gasteiger partial charge in [-0.2, -0.15) is 13.2 Å². The number of benzene rings is 1. The third-order valence-corrected chi connectivity index (χ3v) is 5.69. The minimum atomic E-state index is -4.48. The van der Waals surface area contributed by atoms with E-state index < -0.39 is 11.7 Å². The number of rotatable bonds is 3. The molecule has 3 nitrogen and oxygen atoms in total. The van der Waals surface area contributed by atoms with E-state index >= 15 is 0 Å². The number of likely N-dealkylation sites (tertiary alicyclic amines) is 1. The van der Waals surface area contributed by atoms with Gasteiger partial charge in [-0.3, -0.25) is 9.78 Å². The van der Waals surface area contributed by atoms with Gasteiger partial charge in [0.1, 0.15) is 0 Å². The van der Waals surface area contributed by atoms with Gasteiger partial charge in [-0.15, -0.1) is 0 Å². The van der Waals surface area contributed by atoms with Gasteiger partial charge in [-0.05, 0) is 42.7 Å². The molecule has 1 aromatic carbocycles. The minimum absolute atomic E-state index is 0.0536. The van der Waals surface area contributed by atoms with Crippen LogP contribution in [0.5, 0.6) is 0 Å². The number of carbonyl (C=O) groups excluding carboxylic acids is 1. The molecule has 1 unspecified atom stereocenters. The summed E-state index contributed by atoms with van der Waals surface area (Å²) in [6.45, 7) is 0.789. The normalized spacial score (nSPS) is 17.8. The van der Waals surface area contributed by atoms with Gasteiger partial charge in [0.2, 0.25) is 0 Å². The SMILES string of the molecule is O=C(c1ccnc(CI)c1)N1CCCC(c2ccc(Cl)cc2C(F)(F)F)C1. The Balaban J connectivity index is 1.85. The maximum atomic E-state index is 13.4. The van der Waals surface area contributed by atoms with Crippen molar-refractivity contribution in [1.82, 2.24) is 9.88 Å². The first kappa shape index (κ1) is 20.4. The summed E-state index contributed by atoms with van der Waals surface area (Å²) in [5.41, 5.74) is 0.800. The molecule has 1 atom stereocenters. The van der Waals surface area contributed by atoms with Crippen LogP contribution in [-0.4, -0.2) is 28.9 Å². The Hall–Kier alpha value is -1.35. The molecule has 0 saturated carbocycles. The van der Waals surface area contributed by atoms with Crippen LogP contribution in [-0.2, 0) is 10.6 Å². The van der Waals surface area contributed by atoms with Gasteiger partial charge < -0.3 is 4.90 Å². The van der Waals surface area contributed by atoms with Crippen LogP contribution in [0.2, 0.25) is 5.02 Å². The van der Waals surface area contributed by atoms with Crippen LogP contribution in [0.4, 0.5) is 13.2 Å². The number of piperidine rings is 1. The third-order valence-electron chi connectivity index (χ3n) is 4.67. The molecule has 1 aromatic heterocycles. The number of carbonyl (C=O) groups is 1. The lowest BCUT2D eigenvalue weighted by Crippen LogP contribution is -2.39. The van der Waals surface area contributed by atoms with Crippen molar-refractivity contribution < 1.29 is 18.0 Å². The molecule has 1 fully saturated rings. The van der Waals surface area contributed by atoms with Crippen LogP contribution in [0, 0.1) is 0 Å². The molecular weight excluding hydrogens is 492 g/mol. The molecular formula is C19H17ClF3IN2O. The van der Waals surface area contributed by atoms with E-state index in [1.807, 2.05) is 0 Å². The molecule has 0 spiro atoms. The molecule has 1 aliphatic heterocycles. The zero-order chi connectivity index (χ0) is 19.6. The first-order valence-corrected chi connectivity index (χ1v) is 10.4. The number of aromatic nitrogens is 1. The topological polar surface area (TPSA) is 33.2 Å². The van der Waals surface area contributed by atoms with Crippen LogP contribution in [0.15, 0.2) is 36.5 Å². The standard InChI is InChI=1S/C19H17ClF3IN2O/c20-14-3-4-16(17(9-14)19(21,22)23)13-2-1-7-26(11-13)18(27)12-5-6-25-15(8-12)10-24/h3-6,8-9,13H,1-2,7,10-11H2. The second-order valence-corrected chi connectivity index (χ2v) is 7.69. The molecule has 2 heterocycles. The Morgan fingerprint density at radius 3 is 2.78 bits per heavy atom. The lowest BCUT2D eigenvalue weighted by Gasteiger charge is -2.34. The predicted octanol–water partition coefficient (Wildman–Crippen LogP) is 5.71. The van der Waals surface area contributed by atoms with Gasteiger partial charge in [0.15, 0.2) is 0 Å². The first-order chi connectivity index (χ1) is 12.8. The zero-order valence-corrected chi connectivity index (χ0v) is 17.2. The van der Waals surface area contributed by atoms with Crippen molar-refractivity contribution in [3.63, 3.8) is 0 Å². The van der Waals surface area contributed by atoms with Crippen molar-refractivity contribution in [1.29, 1.82) is 0 Å². The van der Waals surface area contributed by atoms with Gasteiger partial charge in [-0.25, -0.2) is 0 Å². The number of alkyl halides is 4. The molecule has 2 aromatic rings. The summed E-state index contributed by atoms with van der Waals surface area (Å²) < 4.78 is 41.0. The third kappa shape index (κ3) is 4.74. The molecule has 0 bridgehead atoms. The smallest absolute Gasteiger partial charge is 0.338 e. The average molecular weight is 509 g/mol. The quantitative estimate of drug-likeness (QED) is 0.393. The summed E-state index contributed by atoms with van der Waals surface area (Å²) in [4.78, 5) is 18.6. The van der Waals surface area contributed by atoms with Crippen LogP contribution in [0.1, 0.15) is 45.9 Å². The fraction of sp³-hybridized carbons (Fsp3) is 0.368. The predicted molar refractivity (Wildman–Crippen MR) is 106 cm³/mol. The highest BCUT2D eigenvalue weighted by Crippen LogP contribution is 2.39. The zero-order valence-electron chi connectivity index (χ0n) is 14.3. The number of hydrogen-bond donors (Lipinski definition) is 0. The summed E-state index contributed by atoms with van der Waals surface area (Å²) >= 11 is 7.95. The fourth-order valence-corrected chi connectivity index (χ4v) is 4.00. The van der Waals surface area contributed by atoms with Crippen LogP contribution >= 0.6 is 34.2 Å². The molecule has 0 N–H and O–H groups in total. The molecule has 0 aliphatic carbocycles. The maximum Gasteiger partial charge on any atom is 0.416 e. The highest BCUT2D eigenvalue weighted by atomic mass is 127. The highest BCUT2D eigenvalue weighted by molar-refractivity contribution is 14.1. The fourth-order valence-electron chi connectivity index (χ4n) is 3.41. The molecule has 1 amide bonds. The van der Waals surface area contributed by atoms with Crippen molar-refractivity contribution in [3.05, 3.63) is 63.9 Å². The Kier molecular flexibility index (Phi) is 6.30. The van der Waals surface area contributed by atoms with Crippen LogP contribution < -0.4 is 0 Å². The lowest BCUT2D eigenvalue weighted by molar-refractivity contribution is -0.138. The highest BCUT2D eigenvalue weighted by Gasteiger charge is 2.37. The second-order valence-electron chi connectivity index (χ2n) is 6.49. The number of hydrogen-bond acceptors (Lipinski definition) is 2. The average Bonchev–Trinajstić information content (AvgIpc) is 2.67. The van der Waals surface area contributed by atoms with E-state index in [0.29, 0.717) is 29.4 Å². The number of nitrogens with zero attached hydrogens (tertiary/aromatic N) is 2. The summed E-state index contributed by atoms with van der Waals surface area (Å²) in [6.07, 6.45) is -1.64. The Morgan fingerprint density at radius 2 is 2.07 bits per heavy atom. The van der Waals surface area contributed by atoms with E-state index in [-0.39, 0.29) is 29.0 Å². The van der Waals surface area contributed by atoms with Crippen LogP contribution in [0.3, 0.4) is 0 Å². The lowest BCUT2D eigenvalue weighted by atomic mass is 9.87. The van der Waals surface area contributed by atoms with Crippen molar-refractivity contribution in [2.45, 2.75) is 29.4 Å². The van der Waals surface area contributed by atoms with Crippen LogP contribution in [0.25, 0.3) is 0 Å². The van der Waals surface area contributed by atoms with Gasteiger partial charge in [0, 0.05) is 40.2 Å². The summed E-state index contributed by atoms with van der Waals surface area (Å²) in [5, 5.41) is 0.0536. The molecule has 144 valence electrons. The van der Waals surface area contributed by atoms with Crippen molar-refractivity contribution in [3.8, 4) is 0 Å². The van der Waals surface area contributed by atoms with E-state index in [4.69, 9.17) is 11.6 Å². The monoisotopic (exact) mass is 508 g/mol. The molecule has 3 rings (SSSR count). The Labute approximate surface area is 174 Å². The molecule has 8 heteroatoms. The molecule has 27 heavy (non-hydrogen) atoms. The van der Waals surface area contributed by atoms with E-state index in [1.165, 1.54) is 12.1 Å². The van der Waals surface area contributed by atoms with Gasteiger partial charge in [0.05, 0.1) is 11.3 Å². The first-order valence-electron chi connectivity index (χ1n) is 8.46. The summed E-state index contributed by atoms with van der Waals surface area (Å²) in [7, 11) is 0. The van der Waals surface area contributed by atoms with Crippen molar-refractivity contribution in [2.75, 3.05) is 13.1 Å². The molecule has 1 aliphatic rings. The van der Waals surface area contributed by atoms with E-state index in [1.54, 1.807) is 23.2 Å². The largest absolute Gasteiger partial charge is 0.416 e. The number of halogens is 5. The van der Waals surface area contributed by atoms with E-state index in [2.05, 4.69) is 27.6 Å². The van der Waals surface area contributed by atoms with E-state index in [0.717, 1.165) is 11.8 Å². The molecule has 0 radical (unpaired) electrons. The van der Waals surface area contributed by atoms with Gasteiger partial charge in [-0.1, -0.05) is 40.3 Å². The maximum absolute atomic E-state index is 13.4.